The summed E-state index contributed by atoms with van der Waals surface area (Å²) in [7, 11) is 0. The van der Waals surface area contributed by atoms with Crippen LogP contribution in [0.5, 0.6) is 0 Å². The summed E-state index contributed by atoms with van der Waals surface area (Å²) < 4.78 is 0. The van der Waals surface area contributed by atoms with Crippen LogP contribution in [0.3, 0.4) is 0 Å². The first-order chi connectivity index (χ1) is 5.20. The van der Waals surface area contributed by atoms with Crippen LogP contribution in [0, 0.1) is 29.2 Å². The minimum absolute atomic E-state index is 0. The average molecular weight is 460 g/mol. The van der Waals surface area contributed by atoms with E-state index in [0.717, 1.165) is 0 Å². The first-order valence-corrected chi connectivity index (χ1v) is 1.84. The summed E-state index contributed by atoms with van der Waals surface area (Å²) in [5.41, 5.74) is 0. The van der Waals surface area contributed by atoms with Gasteiger partial charge in [0.15, 0.2) is 0 Å². The van der Waals surface area contributed by atoms with Gasteiger partial charge in [0.2, 0.25) is 0 Å². The molecule has 0 aromatic heterocycles. The second-order valence-corrected chi connectivity index (χ2v) is 0.750. The molecule has 94 valence electrons. The van der Waals surface area contributed by atoms with Crippen molar-refractivity contribution in [1.82, 2.24) is 12.3 Å². The molecule has 15 heavy (non-hydrogen) atoms. The van der Waals surface area contributed by atoms with Gasteiger partial charge in [-0.05, 0) is 18.5 Å². The summed E-state index contributed by atoms with van der Waals surface area (Å²) in [6.45, 7) is 0. The Hall–Kier alpha value is -1.28. The molecule has 0 saturated carbocycles. The maximum absolute atomic E-state index is 8.33. The summed E-state index contributed by atoms with van der Waals surface area (Å²) in [6, 6.07) is 0. The second-order valence-electron chi connectivity index (χ2n) is 0.750. The van der Waals surface area contributed by atoms with E-state index >= 15 is 0 Å². The Morgan fingerprint density at radius 2 is 0.533 bits per heavy atom. The van der Waals surface area contributed by atoms with Crippen LogP contribution < -0.4 is 42.9 Å². The van der Waals surface area contributed by atoms with E-state index in [1.54, 1.807) is 0 Å². The van der Waals surface area contributed by atoms with Crippen LogP contribution in [0.25, 0.3) is 0 Å². The third kappa shape index (κ3) is 887. The maximum Gasteiger partial charge on any atom is 0 e. The second kappa shape index (κ2) is 29.3. The Bertz CT molecular complexity index is 121. The van der Waals surface area contributed by atoms with E-state index in [1.807, 2.05) is 0 Å². The Balaban J connectivity index is -0.0000000184. The van der Waals surface area contributed by atoms with Crippen molar-refractivity contribution in [2.24, 2.45) is 0 Å². The molecule has 0 amide bonds. The van der Waals surface area contributed by atoms with E-state index in [-0.39, 0.29) is 41.5 Å². The SMILES string of the molecule is O=C([O-])[O-].O=C([O-])[O-].O=C([O-])[O-].[NH4+].[NH4+].[Pu]. The molecular weight excluding hydrogens is 452 g/mol. The van der Waals surface area contributed by atoms with Crippen molar-refractivity contribution in [2.45, 2.75) is 0 Å². The molecule has 0 aliphatic carbocycles. The molecule has 0 atom stereocenters. The van der Waals surface area contributed by atoms with Gasteiger partial charge in [-0.1, -0.05) is 0 Å². The summed E-state index contributed by atoms with van der Waals surface area (Å²) in [5.74, 6) is 0. The molecule has 0 rings (SSSR count). The predicted molar refractivity (Wildman–Crippen MR) is 28.2 cm³/mol. The molecule has 0 heterocycles. The van der Waals surface area contributed by atoms with Crippen molar-refractivity contribution in [2.75, 3.05) is 0 Å². The number of carbonyl (C=O) groups is 3. The fourth-order valence-electron chi connectivity index (χ4n) is 0. The van der Waals surface area contributed by atoms with Crippen molar-refractivity contribution in [3.8, 4) is 0 Å². The fraction of sp³-hybridized carbons (Fsp3) is 0. The third-order valence-electron chi connectivity index (χ3n) is 0. The smallest absolute Gasteiger partial charge is 0 e. The standard InChI is InChI=1S/3CH2O3.2H3N.Pu/c3*2-1(3)4;;;/h3*(H2,2,3,4);2*1H3;/p-4. The van der Waals surface area contributed by atoms with E-state index in [1.165, 1.54) is 0 Å². The van der Waals surface area contributed by atoms with Crippen LogP contribution in [-0.2, 0) is 0 Å². The van der Waals surface area contributed by atoms with Gasteiger partial charge >= 0.3 is 0 Å². The zero-order chi connectivity index (χ0) is 10.7. The topological polar surface area (TPSA) is 263 Å². The van der Waals surface area contributed by atoms with Gasteiger partial charge in [-0.15, -0.1) is 0 Å². The molecular formula is C3H8N2O9Pu-4. The zero-order valence-corrected chi connectivity index (χ0v) is 11.0. The minimum atomic E-state index is -2.33. The molecule has 8 N–H and O–H groups in total. The number of hydrogen-bond acceptors (Lipinski definition) is 9. The van der Waals surface area contributed by atoms with Gasteiger partial charge < -0.3 is 57.3 Å². The van der Waals surface area contributed by atoms with E-state index < -0.39 is 18.5 Å². The van der Waals surface area contributed by atoms with Crippen molar-refractivity contribution in [1.29, 1.82) is 0 Å². The molecule has 0 aromatic rings. The molecule has 11 nitrogen and oxygen atoms in total. The molecule has 0 spiro atoms. The van der Waals surface area contributed by atoms with Gasteiger partial charge in [0.05, 0.1) is 0 Å². The molecule has 0 aliphatic rings. The number of hydrogen-bond donors (Lipinski definition) is 2. The number of carbonyl (C=O) groups excluding carboxylic acids is 3. The molecule has 12 heteroatoms. The van der Waals surface area contributed by atoms with Gasteiger partial charge in [0.25, 0.3) is 0 Å². The normalized spacial score (nSPS) is 4.80. The Morgan fingerprint density at radius 1 is 0.533 bits per heavy atom. The van der Waals surface area contributed by atoms with Crippen LogP contribution >= 0.6 is 0 Å². The van der Waals surface area contributed by atoms with E-state index in [2.05, 4.69) is 0 Å². The van der Waals surface area contributed by atoms with Crippen LogP contribution in [-0.4, -0.2) is 18.5 Å². The Kier molecular flexibility index (Phi) is 72.8. The van der Waals surface area contributed by atoms with Crippen molar-refractivity contribution in [3.63, 3.8) is 0 Å². The quantitative estimate of drug-likeness (QED) is 0.347. The molecule has 0 radical (unpaired) electrons. The first kappa shape index (κ1) is 37.3. The summed E-state index contributed by atoms with van der Waals surface area (Å²) >= 11 is 0. The predicted octanol–water partition coefficient (Wildman–Crippen LogP) is -6.59. The summed E-state index contributed by atoms with van der Waals surface area (Å²) in [6.07, 6.45) is -7.00. The molecule has 0 unspecified atom stereocenters. The summed E-state index contributed by atoms with van der Waals surface area (Å²) in [4.78, 5) is 25.0. The van der Waals surface area contributed by atoms with E-state index in [9.17, 15) is 0 Å². The molecule has 0 bridgehead atoms. The van der Waals surface area contributed by atoms with Crippen LogP contribution in [0.2, 0.25) is 0 Å². The van der Waals surface area contributed by atoms with Crippen molar-refractivity contribution >= 4 is 18.5 Å². The van der Waals surface area contributed by atoms with Crippen LogP contribution in [0.15, 0.2) is 0 Å². The molecule has 0 aromatic carbocycles. The number of quaternary nitrogens is 2. The minimum Gasteiger partial charge on any atom is -0.652 e. The Labute approximate surface area is 105 Å². The largest absolute Gasteiger partial charge is 0.652 e. The van der Waals surface area contributed by atoms with Gasteiger partial charge in [-0.3, -0.25) is 0 Å². The van der Waals surface area contributed by atoms with Crippen molar-refractivity contribution < 1.29 is 74.2 Å². The monoisotopic (exact) mass is 454 g/mol. The molecule has 0 aliphatic heterocycles. The third-order valence-corrected chi connectivity index (χ3v) is 0. The average Bonchev–Trinajstić information content (AvgIpc) is 1.54. The van der Waals surface area contributed by atoms with Crippen LogP contribution in [0.1, 0.15) is 0 Å². The van der Waals surface area contributed by atoms with Crippen molar-refractivity contribution in [3.05, 3.63) is 0 Å². The first-order valence-electron chi connectivity index (χ1n) is 1.84. The van der Waals surface area contributed by atoms with E-state index in [0.29, 0.717) is 0 Å². The number of carboxylic acid groups (broad SMARTS) is 6. The molecule has 0 saturated heterocycles. The Morgan fingerprint density at radius 3 is 0.533 bits per heavy atom. The number of rotatable bonds is 0. The molecule has 0 fully saturated rings. The van der Waals surface area contributed by atoms with Gasteiger partial charge in [0.1, 0.15) is 0 Å². The van der Waals surface area contributed by atoms with Gasteiger partial charge in [0, 0.05) is 29.2 Å². The van der Waals surface area contributed by atoms with E-state index in [4.69, 9.17) is 45.0 Å². The van der Waals surface area contributed by atoms with Crippen LogP contribution in [0.4, 0.5) is 14.4 Å². The fourth-order valence-corrected chi connectivity index (χ4v) is 0. The summed E-state index contributed by atoms with van der Waals surface area (Å²) in [5, 5.41) is 50.0. The zero-order valence-electron chi connectivity index (χ0n) is 7.58. The maximum atomic E-state index is 8.33. The van der Waals surface area contributed by atoms with Gasteiger partial charge in [-0.25, -0.2) is 0 Å². The van der Waals surface area contributed by atoms with Gasteiger partial charge in [-0.2, -0.15) is 0 Å².